The zero-order valence-corrected chi connectivity index (χ0v) is 30.6. The average Bonchev–Trinajstić information content (AvgIpc) is 3.66. The summed E-state index contributed by atoms with van der Waals surface area (Å²) in [5.41, 5.74) is 12.2. The van der Waals surface area contributed by atoms with E-state index in [0.717, 1.165) is 50.0 Å². The first kappa shape index (κ1) is 32.0. The predicted molar refractivity (Wildman–Crippen MR) is 237 cm³/mol. The molecule has 0 fully saturated rings. The molecular formula is C54H35NO. The molecule has 10 aromatic carbocycles. The summed E-state index contributed by atoms with van der Waals surface area (Å²) in [4.78, 5) is 2.40. The van der Waals surface area contributed by atoms with Crippen LogP contribution in [-0.4, -0.2) is 0 Å². The first-order chi connectivity index (χ1) is 27.8. The Kier molecular flexibility index (Phi) is 7.53. The highest BCUT2D eigenvalue weighted by molar-refractivity contribution is 6.17. The molecule has 11 rings (SSSR count). The summed E-state index contributed by atoms with van der Waals surface area (Å²) in [5.74, 6) is 0. The highest BCUT2D eigenvalue weighted by Crippen LogP contribution is 2.46. The molecule has 1 heterocycles. The van der Waals surface area contributed by atoms with E-state index in [0.29, 0.717) is 0 Å². The summed E-state index contributed by atoms with van der Waals surface area (Å²) < 4.78 is 6.58. The molecule has 0 saturated carbocycles. The molecule has 0 aliphatic heterocycles. The number of anilines is 3. The van der Waals surface area contributed by atoms with Crippen LogP contribution in [0.1, 0.15) is 0 Å². The van der Waals surface area contributed by atoms with Crippen molar-refractivity contribution < 1.29 is 4.42 Å². The Hall–Kier alpha value is -7.42. The van der Waals surface area contributed by atoms with Crippen molar-refractivity contribution in [1.82, 2.24) is 0 Å². The van der Waals surface area contributed by atoms with Crippen LogP contribution in [0.15, 0.2) is 217 Å². The number of hydrogen-bond donors (Lipinski definition) is 0. The lowest BCUT2D eigenvalue weighted by Crippen LogP contribution is -2.11. The smallest absolute Gasteiger partial charge is 0.143 e. The maximum absolute atomic E-state index is 6.58. The molecule has 0 N–H and O–H groups in total. The summed E-state index contributed by atoms with van der Waals surface area (Å²) in [6.07, 6.45) is 0. The van der Waals surface area contributed by atoms with E-state index in [2.05, 4.69) is 217 Å². The lowest BCUT2D eigenvalue weighted by molar-refractivity contribution is 0.672. The van der Waals surface area contributed by atoms with Gasteiger partial charge in [-0.25, -0.2) is 0 Å². The fraction of sp³-hybridized carbons (Fsp3) is 0. The number of hydrogen-bond acceptors (Lipinski definition) is 2. The molecule has 0 aliphatic rings. The van der Waals surface area contributed by atoms with Gasteiger partial charge in [0.2, 0.25) is 0 Å². The minimum atomic E-state index is 0.878. The second kappa shape index (κ2) is 13.2. The third-order valence-corrected chi connectivity index (χ3v) is 11.3. The molecule has 11 aromatic rings. The maximum Gasteiger partial charge on any atom is 0.143 e. The van der Waals surface area contributed by atoms with Gasteiger partial charge in [-0.3, -0.25) is 0 Å². The zero-order chi connectivity index (χ0) is 37.0. The molecule has 56 heavy (non-hydrogen) atoms. The maximum atomic E-state index is 6.58. The van der Waals surface area contributed by atoms with Gasteiger partial charge in [0, 0.05) is 33.1 Å². The van der Waals surface area contributed by atoms with Gasteiger partial charge in [0.25, 0.3) is 0 Å². The van der Waals surface area contributed by atoms with E-state index >= 15 is 0 Å². The zero-order valence-electron chi connectivity index (χ0n) is 30.6. The molecule has 262 valence electrons. The molecule has 1 aromatic heterocycles. The van der Waals surface area contributed by atoms with Gasteiger partial charge in [0.15, 0.2) is 0 Å². The third-order valence-electron chi connectivity index (χ3n) is 11.3. The fourth-order valence-corrected chi connectivity index (χ4v) is 8.52. The van der Waals surface area contributed by atoms with Crippen LogP contribution in [0.2, 0.25) is 0 Å². The molecule has 0 bridgehead atoms. The van der Waals surface area contributed by atoms with Crippen molar-refractivity contribution >= 4 is 71.3 Å². The minimum absolute atomic E-state index is 0.878. The van der Waals surface area contributed by atoms with Crippen LogP contribution in [0, 0.1) is 0 Å². The van der Waals surface area contributed by atoms with Crippen LogP contribution in [-0.2, 0) is 0 Å². The predicted octanol–water partition coefficient (Wildman–Crippen LogP) is 15.5. The van der Waals surface area contributed by atoms with Gasteiger partial charge in [-0.05, 0) is 103 Å². The van der Waals surface area contributed by atoms with Gasteiger partial charge >= 0.3 is 0 Å². The van der Waals surface area contributed by atoms with Gasteiger partial charge in [0.05, 0.1) is 5.69 Å². The van der Waals surface area contributed by atoms with E-state index in [9.17, 15) is 0 Å². The Labute approximate surface area is 325 Å². The second-order valence-electron chi connectivity index (χ2n) is 14.5. The summed E-state index contributed by atoms with van der Waals surface area (Å²) in [6, 6.07) is 76.5. The summed E-state index contributed by atoms with van der Waals surface area (Å²) in [5, 5.41) is 9.48. The molecule has 2 heteroatoms. The molecular weight excluding hydrogens is 679 g/mol. The first-order valence-corrected chi connectivity index (χ1v) is 19.2. The quantitative estimate of drug-likeness (QED) is 0.160. The van der Waals surface area contributed by atoms with E-state index in [1.165, 1.54) is 54.7 Å². The highest BCUT2D eigenvalue weighted by atomic mass is 16.3. The van der Waals surface area contributed by atoms with Crippen molar-refractivity contribution in [1.29, 1.82) is 0 Å². The van der Waals surface area contributed by atoms with Crippen molar-refractivity contribution in [3.8, 4) is 33.4 Å². The number of benzene rings is 10. The van der Waals surface area contributed by atoms with Crippen LogP contribution in [0.4, 0.5) is 17.1 Å². The standard InChI is InChI=1S/C54H35NO/c1-2-12-36(13-3-1)37-22-24-38(25-23-37)39-26-29-42(30-27-39)55(43-31-33-53-51(35-43)49-32-28-40-14-4-7-17-45(40)54(49)56-53)52-21-11-10-20-48(52)50-34-41-15-5-6-16-44(41)46-18-8-9-19-47(46)50/h1-35H. The van der Waals surface area contributed by atoms with Crippen LogP contribution in [0.3, 0.4) is 0 Å². The third kappa shape index (κ3) is 5.34. The Bertz CT molecular complexity index is 3230. The average molecular weight is 714 g/mol. The number of nitrogens with zero attached hydrogens (tertiary/aromatic N) is 1. The topological polar surface area (TPSA) is 16.4 Å². The summed E-state index contributed by atoms with van der Waals surface area (Å²) >= 11 is 0. The molecule has 0 saturated heterocycles. The lowest BCUT2D eigenvalue weighted by atomic mass is 9.92. The number of rotatable bonds is 6. The summed E-state index contributed by atoms with van der Waals surface area (Å²) in [7, 11) is 0. The van der Waals surface area contributed by atoms with Gasteiger partial charge in [-0.2, -0.15) is 0 Å². The van der Waals surface area contributed by atoms with Gasteiger partial charge in [0.1, 0.15) is 11.2 Å². The molecule has 0 amide bonds. The van der Waals surface area contributed by atoms with E-state index in [4.69, 9.17) is 4.42 Å². The first-order valence-electron chi connectivity index (χ1n) is 19.2. The minimum Gasteiger partial charge on any atom is -0.455 e. The van der Waals surface area contributed by atoms with Crippen molar-refractivity contribution in [2.24, 2.45) is 0 Å². The largest absolute Gasteiger partial charge is 0.455 e. The van der Waals surface area contributed by atoms with Gasteiger partial charge in [-0.15, -0.1) is 0 Å². The molecule has 0 atom stereocenters. The van der Waals surface area contributed by atoms with E-state index < -0.39 is 0 Å². The lowest BCUT2D eigenvalue weighted by Gasteiger charge is -2.28. The van der Waals surface area contributed by atoms with Crippen LogP contribution < -0.4 is 4.90 Å². The summed E-state index contributed by atoms with van der Waals surface area (Å²) in [6.45, 7) is 0. The van der Waals surface area contributed by atoms with E-state index in [1.807, 2.05) is 0 Å². The highest BCUT2D eigenvalue weighted by Gasteiger charge is 2.21. The molecule has 0 aliphatic carbocycles. The Morgan fingerprint density at radius 2 is 0.875 bits per heavy atom. The SMILES string of the molecule is c1ccc(-c2ccc(-c3ccc(N(c4ccc5oc6c7ccccc7ccc6c5c4)c4ccccc4-c4cc5ccccc5c5ccccc45)cc3)cc2)cc1. The normalized spacial score (nSPS) is 11.6. The Morgan fingerprint density at radius 3 is 1.64 bits per heavy atom. The van der Waals surface area contributed by atoms with E-state index in [-0.39, 0.29) is 0 Å². The van der Waals surface area contributed by atoms with Crippen LogP contribution in [0.5, 0.6) is 0 Å². The Balaban J connectivity index is 1.10. The second-order valence-corrected chi connectivity index (χ2v) is 14.5. The van der Waals surface area contributed by atoms with E-state index in [1.54, 1.807) is 0 Å². The number of para-hydroxylation sites is 1. The fourth-order valence-electron chi connectivity index (χ4n) is 8.52. The van der Waals surface area contributed by atoms with Crippen molar-refractivity contribution in [3.63, 3.8) is 0 Å². The van der Waals surface area contributed by atoms with Crippen molar-refractivity contribution in [2.45, 2.75) is 0 Å². The molecule has 0 radical (unpaired) electrons. The number of fused-ring (bicyclic) bond motifs is 8. The number of furan rings is 1. The van der Waals surface area contributed by atoms with Crippen LogP contribution in [0.25, 0.3) is 87.6 Å². The van der Waals surface area contributed by atoms with Gasteiger partial charge in [-0.1, -0.05) is 164 Å². The molecule has 0 unspecified atom stereocenters. The molecule has 2 nitrogen and oxygen atoms in total. The van der Waals surface area contributed by atoms with Gasteiger partial charge < -0.3 is 9.32 Å². The monoisotopic (exact) mass is 713 g/mol. The van der Waals surface area contributed by atoms with Crippen LogP contribution >= 0.6 is 0 Å². The Morgan fingerprint density at radius 1 is 0.304 bits per heavy atom. The van der Waals surface area contributed by atoms with Crippen molar-refractivity contribution in [2.75, 3.05) is 4.90 Å². The van der Waals surface area contributed by atoms with Crippen molar-refractivity contribution in [3.05, 3.63) is 212 Å². The molecule has 0 spiro atoms.